The Morgan fingerprint density at radius 2 is 1.71 bits per heavy atom. The van der Waals surface area contributed by atoms with Gasteiger partial charge in [-0.2, -0.15) is 0 Å². The quantitative estimate of drug-likeness (QED) is 0.536. The largest absolute Gasteiger partial charge is 0.481 e. The van der Waals surface area contributed by atoms with Gasteiger partial charge in [0.05, 0.1) is 5.41 Å². The maximum Gasteiger partial charge on any atom is 0.314 e. The fourth-order valence-electron chi connectivity index (χ4n) is 1.88. The van der Waals surface area contributed by atoms with Crippen molar-refractivity contribution in [3.8, 4) is 0 Å². The number of nitrogens with two attached hydrogens (primary N) is 1. The number of rotatable bonds is 7. The van der Waals surface area contributed by atoms with E-state index < -0.39 is 23.3 Å². The highest BCUT2D eigenvalue weighted by Gasteiger charge is 2.37. The summed E-state index contributed by atoms with van der Waals surface area (Å²) in [5.41, 5.74) is 4.14. The maximum atomic E-state index is 11.9. The first kappa shape index (κ1) is 16.5. The van der Waals surface area contributed by atoms with Crippen molar-refractivity contribution in [1.29, 1.82) is 0 Å². The van der Waals surface area contributed by atoms with Crippen LogP contribution in [-0.4, -0.2) is 36.1 Å². The van der Waals surface area contributed by atoms with Gasteiger partial charge >= 0.3 is 12.0 Å². The standard InChI is InChI=1S/C14H19N3O4/c1-14(12(19)20,10-5-3-2-4-6-10)9-11(18)16-7-8-17-13(15)21/h2-6H,7-9H2,1H3,(H,16,18)(H,19,20)(H3,15,17,21). The molecule has 0 saturated carbocycles. The van der Waals surface area contributed by atoms with E-state index in [9.17, 15) is 19.5 Å². The molecule has 114 valence electrons. The van der Waals surface area contributed by atoms with Crippen LogP contribution in [0.2, 0.25) is 0 Å². The molecule has 0 fully saturated rings. The van der Waals surface area contributed by atoms with E-state index in [2.05, 4.69) is 10.6 Å². The number of hydrogen-bond donors (Lipinski definition) is 4. The number of primary amides is 1. The van der Waals surface area contributed by atoms with Crippen LogP contribution in [0.15, 0.2) is 30.3 Å². The monoisotopic (exact) mass is 293 g/mol. The van der Waals surface area contributed by atoms with Gasteiger partial charge in [0.2, 0.25) is 5.91 Å². The van der Waals surface area contributed by atoms with Crippen LogP contribution >= 0.6 is 0 Å². The van der Waals surface area contributed by atoms with Crippen molar-refractivity contribution in [3.05, 3.63) is 35.9 Å². The van der Waals surface area contributed by atoms with Gasteiger partial charge < -0.3 is 21.5 Å². The smallest absolute Gasteiger partial charge is 0.314 e. The molecule has 5 N–H and O–H groups in total. The fraction of sp³-hybridized carbons (Fsp3) is 0.357. The summed E-state index contributed by atoms with van der Waals surface area (Å²) in [5, 5.41) is 14.3. The van der Waals surface area contributed by atoms with E-state index in [0.717, 1.165) is 0 Å². The second-order valence-electron chi connectivity index (χ2n) is 4.82. The molecular formula is C14H19N3O4. The zero-order valence-corrected chi connectivity index (χ0v) is 11.8. The summed E-state index contributed by atoms with van der Waals surface area (Å²) < 4.78 is 0. The lowest BCUT2D eigenvalue weighted by molar-refractivity contribution is -0.145. The molecule has 0 saturated heterocycles. The van der Waals surface area contributed by atoms with Crippen molar-refractivity contribution >= 4 is 17.9 Å². The van der Waals surface area contributed by atoms with Gasteiger partial charge in [0, 0.05) is 19.5 Å². The molecule has 3 amide bonds. The predicted octanol–water partition coefficient (Wildman–Crippen LogP) is 0.204. The van der Waals surface area contributed by atoms with Crippen LogP contribution in [0.1, 0.15) is 18.9 Å². The number of carboxylic acid groups (broad SMARTS) is 1. The zero-order valence-electron chi connectivity index (χ0n) is 11.8. The topological polar surface area (TPSA) is 122 Å². The van der Waals surface area contributed by atoms with Gasteiger partial charge in [-0.15, -0.1) is 0 Å². The highest BCUT2D eigenvalue weighted by Crippen LogP contribution is 2.27. The minimum absolute atomic E-state index is 0.187. The summed E-state index contributed by atoms with van der Waals surface area (Å²) in [5.74, 6) is -1.48. The molecule has 0 heterocycles. The third-order valence-electron chi connectivity index (χ3n) is 3.14. The van der Waals surface area contributed by atoms with Crippen LogP contribution in [0.3, 0.4) is 0 Å². The van der Waals surface area contributed by atoms with Gasteiger partial charge in [0.25, 0.3) is 0 Å². The Bertz CT molecular complexity index is 518. The molecule has 7 nitrogen and oxygen atoms in total. The average Bonchev–Trinajstić information content (AvgIpc) is 2.44. The van der Waals surface area contributed by atoms with E-state index in [1.165, 1.54) is 6.92 Å². The van der Waals surface area contributed by atoms with Crippen molar-refractivity contribution in [2.75, 3.05) is 13.1 Å². The number of amides is 3. The first-order chi connectivity index (χ1) is 9.86. The van der Waals surface area contributed by atoms with Crippen molar-refractivity contribution in [2.45, 2.75) is 18.8 Å². The molecule has 0 aliphatic rings. The normalized spacial score (nSPS) is 13.0. The van der Waals surface area contributed by atoms with E-state index in [1.807, 2.05) is 0 Å². The summed E-state index contributed by atoms with van der Waals surface area (Å²) in [4.78, 5) is 33.9. The molecular weight excluding hydrogens is 274 g/mol. The molecule has 1 atom stereocenters. The second kappa shape index (κ2) is 7.28. The van der Waals surface area contributed by atoms with Crippen LogP contribution in [0.25, 0.3) is 0 Å². The van der Waals surface area contributed by atoms with E-state index in [0.29, 0.717) is 5.56 Å². The summed E-state index contributed by atoms with van der Waals surface area (Å²) in [6.45, 7) is 1.88. The Hall–Kier alpha value is -2.57. The highest BCUT2D eigenvalue weighted by molar-refractivity contribution is 5.89. The van der Waals surface area contributed by atoms with Gasteiger partial charge in [0.1, 0.15) is 0 Å². The Balaban J connectivity index is 2.65. The lowest BCUT2D eigenvalue weighted by Gasteiger charge is -2.24. The van der Waals surface area contributed by atoms with Crippen LogP contribution in [0.5, 0.6) is 0 Å². The molecule has 7 heteroatoms. The van der Waals surface area contributed by atoms with Crippen molar-refractivity contribution in [2.24, 2.45) is 5.73 Å². The molecule has 0 aliphatic carbocycles. The van der Waals surface area contributed by atoms with Crippen molar-refractivity contribution < 1.29 is 19.5 Å². The molecule has 0 bridgehead atoms. The van der Waals surface area contributed by atoms with Crippen LogP contribution < -0.4 is 16.4 Å². The number of urea groups is 1. The number of carbonyl (C=O) groups is 3. The number of aliphatic carboxylic acids is 1. The SMILES string of the molecule is CC(CC(=O)NCCNC(N)=O)(C(=O)O)c1ccccc1. The highest BCUT2D eigenvalue weighted by atomic mass is 16.4. The number of benzene rings is 1. The zero-order chi connectivity index (χ0) is 15.9. The average molecular weight is 293 g/mol. The summed E-state index contributed by atoms with van der Waals surface area (Å²) in [6, 6.07) is 7.91. The first-order valence-electron chi connectivity index (χ1n) is 6.45. The molecule has 1 aromatic rings. The summed E-state index contributed by atoms with van der Waals surface area (Å²) >= 11 is 0. The summed E-state index contributed by atoms with van der Waals surface area (Å²) in [7, 11) is 0. The Morgan fingerprint density at radius 1 is 1.14 bits per heavy atom. The molecule has 21 heavy (non-hydrogen) atoms. The lowest BCUT2D eigenvalue weighted by Crippen LogP contribution is -2.41. The minimum atomic E-state index is -1.30. The molecule has 0 aliphatic heterocycles. The van der Waals surface area contributed by atoms with Gasteiger partial charge in [-0.3, -0.25) is 9.59 Å². The molecule has 0 radical (unpaired) electrons. The molecule has 1 unspecified atom stereocenters. The first-order valence-corrected chi connectivity index (χ1v) is 6.45. The minimum Gasteiger partial charge on any atom is -0.481 e. The molecule has 1 aromatic carbocycles. The maximum absolute atomic E-state index is 11.9. The van der Waals surface area contributed by atoms with Gasteiger partial charge in [0.15, 0.2) is 0 Å². The third kappa shape index (κ3) is 4.79. The third-order valence-corrected chi connectivity index (χ3v) is 3.14. The predicted molar refractivity (Wildman–Crippen MR) is 76.6 cm³/mol. The number of carbonyl (C=O) groups excluding carboxylic acids is 2. The fourth-order valence-corrected chi connectivity index (χ4v) is 1.88. The van der Waals surface area contributed by atoms with Gasteiger partial charge in [-0.1, -0.05) is 30.3 Å². The summed E-state index contributed by atoms with van der Waals surface area (Å²) in [6.07, 6.45) is -0.192. The Morgan fingerprint density at radius 3 is 2.24 bits per heavy atom. The lowest BCUT2D eigenvalue weighted by atomic mass is 9.79. The molecule has 1 rings (SSSR count). The molecule has 0 aromatic heterocycles. The van der Waals surface area contributed by atoms with E-state index in [4.69, 9.17) is 5.73 Å². The van der Waals surface area contributed by atoms with Gasteiger partial charge in [-0.05, 0) is 12.5 Å². The van der Waals surface area contributed by atoms with Crippen molar-refractivity contribution in [1.82, 2.24) is 10.6 Å². The Labute approximate surface area is 122 Å². The van der Waals surface area contributed by atoms with E-state index >= 15 is 0 Å². The van der Waals surface area contributed by atoms with Crippen LogP contribution in [0.4, 0.5) is 4.79 Å². The van der Waals surface area contributed by atoms with Crippen molar-refractivity contribution in [3.63, 3.8) is 0 Å². The Kier molecular flexibility index (Phi) is 5.71. The number of nitrogens with one attached hydrogen (secondary N) is 2. The molecule has 0 spiro atoms. The van der Waals surface area contributed by atoms with Gasteiger partial charge in [-0.25, -0.2) is 4.79 Å². The van der Waals surface area contributed by atoms with E-state index in [1.54, 1.807) is 30.3 Å². The van der Waals surface area contributed by atoms with E-state index in [-0.39, 0.29) is 19.5 Å². The second-order valence-corrected chi connectivity index (χ2v) is 4.82. The van der Waals surface area contributed by atoms with Crippen LogP contribution in [0, 0.1) is 0 Å². The van der Waals surface area contributed by atoms with Crippen LogP contribution in [-0.2, 0) is 15.0 Å². The number of hydrogen-bond acceptors (Lipinski definition) is 3. The number of carboxylic acids is 1.